The highest BCUT2D eigenvalue weighted by atomic mass is 35.5. The molecule has 0 radical (unpaired) electrons. The SMILES string of the molecule is COC(OC)c1ccc(C(=O)Nc2cccc(-c3cccc(N)c3Cl)c2C)nc1. The van der Waals surface area contributed by atoms with Crippen LogP contribution in [0.4, 0.5) is 11.4 Å². The van der Waals surface area contributed by atoms with Crippen molar-refractivity contribution in [2.45, 2.75) is 13.2 Å². The smallest absolute Gasteiger partial charge is 0.274 e. The maximum Gasteiger partial charge on any atom is 0.274 e. The van der Waals surface area contributed by atoms with E-state index in [-0.39, 0.29) is 11.6 Å². The fraction of sp³-hybridized carbons (Fsp3) is 0.182. The fourth-order valence-electron chi connectivity index (χ4n) is 3.05. The van der Waals surface area contributed by atoms with Crippen LogP contribution in [0.25, 0.3) is 11.1 Å². The van der Waals surface area contributed by atoms with Gasteiger partial charge in [-0.05, 0) is 36.2 Å². The van der Waals surface area contributed by atoms with Crippen molar-refractivity contribution < 1.29 is 14.3 Å². The summed E-state index contributed by atoms with van der Waals surface area (Å²) in [6.07, 6.45) is 1.03. The van der Waals surface area contributed by atoms with Gasteiger partial charge in [0, 0.05) is 37.2 Å². The number of amides is 1. The van der Waals surface area contributed by atoms with E-state index in [9.17, 15) is 4.79 Å². The summed E-state index contributed by atoms with van der Waals surface area (Å²) in [5, 5.41) is 3.40. The van der Waals surface area contributed by atoms with Crippen LogP contribution < -0.4 is 11.1 Å². The van der Waals surface area contributed by atoms with E-state index in [1.807, 2.05) is 37.3 Å². The molecule has 0 bridgehead atoms. The van der Waals surface area contributed by atoms with Gasteiger partial charge in [-0.2, -0.15) is 0 Å². The number of hydrogen-bond acceptors (Lipinski definition) is 5. The number of carbonyl (C=O) groups is 1. The Morgan fingerprint density at radius 1 is 1.07 bits per heavy atom. The molecule has 0 saturated heterocycles. The second kappa shape index (κ2) is 9.05. The second-order valence-electron chi connectivity index (χ2n) is 6.42. The van der Waals surface area contributed by atoms with E-state index in [1.54, 1.807) is 24.4 Å². The van der Waals surface area contributed by atoms with Crippen molar-refractivity contribution in [3.8, 4) is 11.1 Å². The summed E-state index contributed by atoms with van der Waals surface area (Å²) >= 11 is 6.38. The quantitative estimate of drug-likeness (QED) is 0.448. The molecular weight excluding hydrogens is 390 g/mol. The zero-order chi connectivity index (χ0) is 21.0. The fourth-order valence-corrected chi connectivity index (χ4v) is 3.28. The highest BCUT2D eigenvalue weighted by molar-refractivity contribution is 6.35. The van der Waals surface area contributed by atoms with Crippen LogP contribution in [0.5, 0.6) is 0 Å². The standard InChI is InChI=1S/C22H22ClN3O3/c1-13-15(16-7-4-8-17(24)20(16)23)6-5-9-18(13)26-21(27)19-11-10-14(12-25-19)22(28-2)29-3/h4-12,22H,24H2,1-3H3,(H,26,27). The van der Waals surface area contributed by atoms with Gasteiger partial charge in [-0.25, -0.2) is 0 Å². The summed E-state index contributed by atoms with van der Waals surface area (Å²) in [6.45, 7) is 1.92. The molecule has 7 heteroatoms. The Kier molecular flexibility index (Phi) is 6.49. The molecule has 0 fully saturated rings. The number of carbonyl (C=O) groups excluding carboxylic acids is 1. The number of nitrogens with one attached hydrogen (secondary N) is 1. The van der Waals surface area contributed by atoms with Crippen LogP contribution in [0, 0.1) is 6.92 Å². The van der Waals surface area contributed by atoms with Gasteiger partial charge >= 0.3 is 0 Å². The monoisotopic (exact) mass is 411 g/mol. The third-order valence-electron chi connectivity index (χ3n) is 4.62. The molecule has 150 valence electrons. The summed E-state index contributed by atoms with van der Waals surface area (Å²) in [5.41, 5.74) is 10.7. The minimum absolute atomic E-state index is 0.284. The molecule has 3 N–H and O–H groups in total. The van der Waals surface area contributed by atoms with Crippen LogP contribution in [0.3, 0.4) is 0 Å². The molecule has 1 aromatic heterocycles. The number of aromatic nitrogens is 1. The van der Waals surface area contributed by atoms with Gasteiger partial charge < -0.3 is 20.5 Å². The Hall–Kier alpha value is -2.93. The van der Waals surface area contributed by atoms with Crippen molar-refractivity contribution >= 4 is 28.9 Å². The molecule has 0 unspecified atom stereocenters. The Balaban J connectivity index is 1.85. The van der Waals surface area contributed by atoms with Crippen molar-refractivity contribution in [1.82, 2.24) is 4.98 Å². The van der Waals surface area contributed by atoms with Crippen LogP contribution in [0.15, 0.2) is 54.7 Å². The number of anilines is 2. The number of nitrogen functional groups attached to an aromatic ring is 1. The first kappa shape index (κ1) is 20.8. The number of hydrogen-bond donors (Lipinski definition) is 2. The van der Waals surface area contributed by atoms with Gasteiger partial charge in [0.05, 0.1) is 10.7 Å². The molecule has 3 aromatic rings. The number of pyridine rings is 1. The van der Waals surface area contributed by atoms with Crippen LogP contribution >= 0.6 is 11.6 Å². The van der Waals surface area contributed by atoms with Crippen LogP contribution in [-0.4, -0.2) is 25.1 Å². The molecule has 1 heterocycles. The lowest BCUT2D eigenvalue weighted by molar-refractivity contribution is -0.106. The van der Waals surface area contributed by atoms with Crippen LogP contribution in [-0.2, 0) is 9.47 Å². The molecule has 0 aliphatic heterocycles. The number of benzene rings is 2. The van der Waals surface area contributed by atoms with E-state index in [1.165, 1.54) is 14.2 Å². The van der Waals surface area contributed by atoms with Crippen molar-refractivity contribution in [3.05, 3.63) is 76.6 Å². The highest BCUT2D eigenvalue weighted by Gasteiger charge is 2.15. The third-order valence-corrected chi connectivity index (χ3v) is 5.04. The summed E-state index contributed by atoms with van der Waals surface area (Å²) in [7, 11) is 3.08. The van der Waals surface area contributed by atoms with E-state index >= 15 is 0 Å². The van der Waals surface area contributed by atoms with Crippen LogP contribution in [0.1, 0.15) is 27.9 Å². The third kappa shape index (κ3) is 4.40. The zero-order valence-electron chi connectivity index (χ0n) is 16.4. The number of halogens is 1. The van der Waals surface area contributed by atoms with E-state index < -0.39 is 6.29 Å². The normalized spacial score (nSPS) is 10.9. The topological polar surface area (TPSA) is 86.5 Å². The summed E-state index contributed by atoms with van der Waals surface area (Å²) in [4.78, 5) is 16.9. The zero-order valence-corrected chi connectivity index (χ0v) is 17.2. The number of nitrogens with two attached hydrogens (primary N) is 1. The summed E-state index contributed by atoms with van der Waals surface area (Å²) < 4.78 is 10.4. The maximum atomic E-state index is 12.7. The van der Waals surface area contributed by atoms with E-state index in [4.69, 9.17) is 26.8 Å². The molecule has 29 heavy (non-hydrogen) atoms. The highest BCUT2D eigenvalue weighted by Crippen LogP contribution is 2.36. The minimum Gasteiger partial charge on any atom is -0.398 e. The van der Waals surface area contributed by atoms with Crippen LogP contribution in [0.2, 0.25) is 5.02 Å². The van der Waals surface area contributed by atoms with Crippen molar-refractivity contribution in [3.63, 3.8) is 0 Å². The lowest BCUT2D eigenvalue weighted by Crippen LogP contribution is -2.15. The minimum atomic E-state index is -0.526. The molecule has 0 saturated carbocycles. The summed E-state index contributed by atoms with van der Waals surface area (Å²) in [6, 6.07) is 14.5. The predicted octanol–water partition coefficient (Wildman–Crippen LogP) is 4.84. The van der Waals surface area contributed by atoms with Gasteiger partial charge in [0.2, 0.25) is 0 Å². The van der Waals surface area contributed by atoms with Gasteiger partial charge in [-0.3, -0.25) is 9.78 Å². The average Bonchev–Trinajstić information content (AvgIpc) is 2.73. The molecule has 2 aromatic carbocycles. The number of rotatable bonds is 6. The van der Waals surface area contributed by atoms with E-state index in [2.05, 4.69) is 10.3 Å². The van der Waals surface area contributed by atoms with Gasteiger partial charge in [0.1, 0.15) is 5.69 Å². The summed E-state index contributed by atoms with van der Waals surface area (Å²) in [5.74, 6) is -0.318. The molecular formula is C22H22ClN3O3. The lowest BCUT2D eigenvalue weighted by atomic mass is 9.98. The first-order chi connectivity index (χ1) is 14.0. The van der Waals surface area contributed by atoms with Crippen molar-refractivity contribution in [2.75, 3.05) is 25.3 Å². The van der Waals surface area contributed by atoms with E-state index in [0.29, 0.717) is 16.4 Å². The molecule has 6 nitrogen and oxygen atoms in total. The van der Waals surface area contributed by atoms with Gasteiger partial charge in [-0.1, -0.05) is 41.9 Å². The average molecular weight is 412 g/mol. The number of ether oxygens (including phenoxy) is 2. The molecule has 0 spiro atoms. The number of nitrogens with zero attached hydrogens (tertiary/aromatic N) is 1. The maximum absolute atomic E-state index is 12.7. The predicted molar refractivity (Wildman–Crippen MR) is 115 cm³/mol. The Morgan fingerprint density at radius 3 is 2.41 bits per heavy atom. The first-order valence-corrected chi connectivity index (χ1v) is 9.31. The van der Waals surface area contributed by atoms with E-state index in [0.717, 1.165) is 22.3 Å². The van der Waals surface area contributed by atoms with Gasteiger partial charge in [-0.15, -0.1) is 0 Å². The second-order valence-corrected chi connectivity index (χ2v) is 6.80. The Bertz CT molecular complexity index is 1020. The van der Waals surface area contributed by atoms with Crippen molar-refractivity contribution in [2.24, 2.45) is 0 Å². The molecule has 0 aliphatic rings. The van der Waals surface area contributed by atoms with Gasteiger partial charge in [0.25, 0.3) is 5.91 Å². The Labute approximate surface area is 174 Å². The lowest BCUT2D eigenvalue weighted by Gasteiger charge is -2.15. The molecule has 0 atom stereocenters. The largest absolute Gasteiger partial charge is 0.398 e. The molecule has 0 aliphatic carbocycles. The van der Waals surface area contributed by atoms with Gasteiger partial charge in [0.15, 0.2) is 6.29 Å². The Morgan fingerprint density at radius 2 is 1.76 bits per heavy atom. The number of methoxy groups -OCH3 is 2. The molecule has 3 rings (SSSR count). The van der Waals surface area contributed by atoms with Crippen molar-refractivity contribution in [1.29, 1.82) is 0 Å². The first-order valence-electron chi connectivity index (χ1n) is 8.93. The molecule has 1 amide bonds.